The molecule has 1 aromatic rings. The Balaban J connectivity index is 2.91. The molecule has 0 spiro atoms. The maximum atomic E-state index is 11.9. The van der Waals surface area contributed by atoms with Crippen LogP contribution in [0.1, 0.15) is 16.1 Å². The minimum atomic E-state index is -0.626. The lowest BCUT2D eigenvalue weighted by atomic mass is 10.2. The first-order chi connectivity index (χ1) is 5.24. The number of rotatable bonds is 2. The first-order valence-electron chi connectivity index (χ1n) is 3.04. The first kappa shape index (κ1) is 7.65. The third-order valence-corrected chi connectivity index (χ3v) is 1.25. The molecule has 0 aliphatic rings. The van der Waals surface area contributed by atoms with Crippen LogP contribution in [0.5, 0.6) is 0 Å². The first-order valence-corrected chi connectivity index (χ1v) is 3.04. The summed E-state index contributed by atoms with van der Waals surface area (Å²) in [5.41, 5.74) is 5.53. The van der Waals surface area contributed by atoms with Gasteiger partial charge in [0.15, 0.2) is 0 Å². The maximum absolute atomic E-state index is 11.9. The van der Waals surface area contributed by atoms with Crippen LogP contribution in [0, 0.1) is 0 Å². The van der Waals surface area contributed by atoms with E-state index in [0.29, 0.717) is 11.3 Å². The van der Waals surface area contributed by atoms with Gasteiger partial charge in [0.2, 0.25) is 5.91 Å². The number of aromatic nitrogens is 1. The van der Waals surface area contributed by atoms with Crippen LogP contribution in [-0.4, -0.2) is 10.9 Å². The van der Waals surface area contributed by atoms with Gasteiger partial charge in [0, 0.05) is 6.20 Å². The highest BCUT2D eigenvalue weighted by Gasteiger charge is 1.99. The van der Waals surface area contributed by atoms with Crippen molar-refractivity contribution >= 4 is 5.91 Å². The molecule has 0 aliphatic heterocycles. The molecular weight excluding hydrogens is 147 g/mol. The Bertz CT molecular complexity index is 258. The number of nitrogens with zero attached hydrogens (tertiary/aromatic N) is 1. The van der Waals surface area contributed by atoms with E-state index in [4.69, 9.17) is 5.73 Å². The lowest BCUT2D eigenvalue weighted by molar-refractivity contribution is 0.1000. The van der Waals surface area contributed by atoms with Crippen LogP contribution < -0.4 is 5.73 Å². The van der Waals surface area contributed by atoms with Crippen LogP contribution >= 0.6 is 0 Å². The van der Waals surface area contributed by atoms with Crippen molar-refractivity contribution in [3.63, 3.8) is 0 Å². The quantitative estimate of drug-likeness (QED) is 0.679. The van der Waals surface area contributed by atoms with E-state index in [1.54, 1.807) is 0 Å². The summed E-state index contributed by atoms with van der Waals surface area (Å²) in [5.74, 6) is -0.553. The fourth-order valence-corrected chi connectivity index (χ4v) is 0.649. The summed E-state index contributed by atoms with van der Waals surface area (Å²) < 4.78 is 11.9. The van der Waals surface area contributed by atoms with E-state index in [0.717, 1.165) is 0 Å². The number of halogens is 1. The molecule has 1 aromatic heterocycles. The van der Waals surface area contributed by atoms with E-state index < -0.39 is 12.6 Å². The highest BCUT2D eigenvalue weighted by molar-refractivity contribution is 5.92. The zero-order valence-corrected chi connectivity index (χ0v) is 5.75. The topological polar surface area (TPSA) is 56.0 Å². The molecule has 4 heteroatoms. The van der Waals surface area contributed by atoms with Crippen molar-refractivity contribution in [2.45, 2.75) is 6.67 Å². The molecule has 0 saturated carbocycles. The Morgan fingerprint density at radius 1 is 1.64 bits per heavy atom. The Hall–Kier alpha value is -1.45. The van der Waals surface area contributed by atoms with Gasteiger partial charge in [-0.15, -0.1) is 0 Å². The Kier molecular flexibility index (Phi) is 2.15. The molecule has 0 aromatic carbocycles. The summed E-state index contributed by atoms with van der Waals surface area (Å²) in [7, 11) is 0. The summed E-state index contributed by atoms with van der Waals surface area (Å²) in [6.45, 7) is -0.626. The SMILES string of the molecule is NC(=O)c1ccc(CF)nc1. The third-order valence-electron chi connectivity index (χ3n) is 1.25. The monoisotopic (exact) mass is 154 g/mol. The number of hydrogen-bond donors (Lipinski definition) is 1. The van der Waals surface area contributed by atoms with Crippen LogP contribution in [0.2, 0.25) is 0 Å². The second kappa shape index (κ2) is 3.09. The molecule has 1 rings (SSSR count). The second-order valence-electron chi connectivity index (χ2n) is 2.04. The van der Waals surface area contributed by atoms with Crippen molar-refractivity contribution in [1.82, 2.24) is 4.98 Å². The minimum Gasteiger partial charge on any atom is -0.366 e. The molecule has 1 heterocycles. The number of hydrogen-bond acceptors (Lipinski definition) is 2. The summed E-state index contributed by atoms with van der Waals surface area (Å²) in [4.78, 5) is 14.1. The van der Waals surface area contributed by atoms with Crippen molar-refractivity contribution in [2.24, 2.45) is 5.73 Å². The lowest BCUT2D eigenvalue weighted by Gasteiger charge is -1.94. The average Bonchev–Trinajstić information content (AvgIpc) is 2.05. The van der Waals surface area contributed by atoms with Gasteiger partial charge in [0.05, 0.1) is 11.3 Å². The van der Waals surface area contributed by atoms with Gasteiger partial charge in [-0.3, -0.25) is 9.78 Å². The van der Waals surface area contributed by atoms with E-state index in [2.05, 4.69) is 4.98 Å². The number of carbonyl (C=O) groups is 1. The Labute approximate surface area is 63.0 Å². The van der Waals surface area contributed by atoms with Crippen molar-refractivity contribution in [1.29, 1.82) is 0 Å². The molecule has 58 valence electrons. The smallest absolute Gasteiger partial charge is 0.250 e. The number of amides is 1. The Morgan fingerprint density at radius 2 is 2.36 bits per heavy atom. The Morgan fingerprint density at radius 3 is 2.73 bits per heavy atom. The molecule has 0 radical (unpaired) electrons. The average molecular weight is 154 g/mol. The molecule has 2 N–H and O–H groups in total. The fourth-order valence-electron chi connectivity index (χ4n) is 0.649. The van der Waals surface area contributed by atoms with Crippen molar-refractivity contribution in [3.8, 4) is 0 Å². The van der Waals surface area contributed by atoms with Gasteiger partial charge in [-0.1, -0.05) is 0 Å². The predicted octanol–water partition coefficient (Wildman–Crippen LogP) is 0.650. The summed E-state index contributed by atoms with van der Waals surface area (Å²) in [6, 6.07) is 2.88. The van der Waals surface area contributed by atoms with Crippen molar-refractivity contribution in [3.05, 3.63) is 29.6 Å². The van der Waals surface area contributed by atoms with Crippen LogP contribution in [0.4, 0.5) is 4.39 Å². The van der Waals surface area contributed by atoms with E-state index in [1.807, 2.05) is 0 Å². The van der Waals surface area contributed by atoms with Crippen LogP contribution in [0.25, 0.3) is 0 Å². The minimum absolute atomic E-state index is 0.294. The fraction of sp³-hybridized carbons (Fsp3) is 0.143. The van der Waals surface area contributed by atoms with Gasteiger partial charge in [-0.2, -0.15) is 0 Å². The van der Waals surface area contributed by atoms with E-state index in [9.17, 15) is 9.18 Å². The molecule has 3 nitrogen and oxygen atoms in total. The molecule has 0 saturated heterocycles. The highest BCUT2D eigenvalue weighted by Crippen LogP contribution is 2.00. The van der Waals surface area contributed by atoms with Gasteiger partial charge in [-0.05, 0) is 12.1 Å². The number of alkyl halides is 1. The van der Waals surface area contributed by atoms with Gasteiger partial charge < -0.3 is 5.73 Å². The standard InChI is InChI=1S/C7H7FN2O/c8-3-6-2-1-5(4-10-6)7(9)11/h1-2,4H,3H2,(H2,9,11). The van der Waals surface area contributed by atoms with E-state index in [1.165, 1.54) is 18.3 Å². The molecule has 0 unspecified atom stereocenters. The number of carbonyl (C=O) groups excluding carboxylic acids is 1. The number of pyridine rings is 1. The molecule has 0 bridgehead atoms. The van der Waals surface area contributed by atoms with E-state index in [-0.39, 0.29) is 0 Å². The number of nitrogens with two attached hydrogens (primary N) is 1. The second-order valence-corrected chi connectivity index (χ2v) is 2.04. The molecule has 0 aliphatic carbocycles. The van der Waals surface area contributed by atoms with E-state index >= 15 is 0 Å². The molecule has 0 fully saturated rings. The third kappa shape index (κ3) is 1.73. The summed E-state index contributed by atoms with van der Waals surface area (Å²) >= 11 is 0. The predicted molar refractivity (Wildman–Crippen MR) is 37.6 cm³/mol. The largest absolute Gasteiger partial charge is 0.366 e. The van der Waals surface area contributed by atoms with Crippen LogP contribution in [0.15, 0.2) is 18.3 Å². The summed E-state index contributed by atoms with van der Waals surface area (Å²) in [6.07, 6.45) is 1.26. The van der Waals surface area contributed by atoms with Gasteiger partial charge in [0.25, 0.3) is 0 Å². The van der Waals surface area contributed by atoms with Gasteiger partial charge in [0.1, 0.15) is 6.67 Å². The van der Waals surface area contributed by atoms with Crippen molar-refractivity contribution < 1.29 is 9.18 Å². The van der Waals surface area contributed by atoms with Crippen molar-refractivity contribution in [2.75, 3.05) is 0 Å². The van der Waals surface area contributed by atoms with Gasteiger partial charge >= 0.3 is 0 Å². The highest BCUT2D eigenvalue weighted by atomic mass is 19.1. The zero-order valence-electron chi connectivity index (χ0n) is 5.75. The van der Waals surface area contributed by atoms with Crippen LogP contribution in [0.3, 0.4) is 0 Å². The zero-order chi connectivity index (χ0) is 8.27. The number of primary amides is 1. The molecule has 11 heavy (non-hydrogen) atoms. The molecular formula is C7H7FN2O. The normalized spacial score (nSPS) is 9.55. The molecule has 0 atom stereocenters. The maximum Gasteiger partial charge on any atom is 0.250 e. The van der Waals surface area contributed by atoms with Crippen LogP contribution in [-0.2, 0) is 6.67 Å². The lowest BCUT2D eigenvalue weighted by Crippen LogP contribution is -2.11. The molecule has 1 amide bonds. The van der Waals surface area contributed by atoms with Gasteiger partial charge in [-0.25, -0.2) is 4.39 Å². The summed E-state index contributed by atoms with van der Waals surface area (Å²) in [5, 5.41) is 0.